The smallest absolute Gasteiger partial charge is 0.289 e. The van der Waals surface area contributed by atoms with Gasteiger partial charge in [-0.25, -0.2) is 8.78 Å². The molecule has 0 aliphatic carbocycles. The summed E-state index contributed by atoms with van der Waals surface area (Å²) in [7, 11) is 0. The maximum atomic E-state index is 14.4. The molecule has 0 saturated carbocycles. The number of likely N-dealkylation sites (tertiary alicyclic amines) is 1. The van der Waals surface area contributed by atoms with E-state index in [0.29, 0.717) is 22.8 Å². The molecule has 286 valence electrons. The number of alkyl halides is 2. The molecule has 0 radical (unpaired) electrons. The number of ether oxygens (including phenoxy) is 1. The number of H-pyrrole nitrogens is 1. The third-order valence-corrected chi connectivity index (χ3v) is 9.22. The highest BCUT2D eigenvalue weighted by Gasteiger charge is 2.45. The average molecular weight is 769 g/mol. The van der Waals surface area contributed by atoms with E-state index in [1.165, 1.54) is 11.0 Å². The molecular formula is C36H39ClF2N8O7. The fraction of sp³-hybridized carbons (Fsp3) is 0.389. The van der Waals surface area contributed by atoms with Crippen LogP contribution in [0.15, 0.2) is 71.1 Å². The zero-order valence-electron chi connectivity index (χ0n) is 29.3. The van der Waals surface area contributed by atoms with Gasteiger partial charge in [0.1, 0.15) is 23.9 Å². The Hall–Kier alpha value is -5.55. The fourth-order valence-corrected chi connectivity index (χ4v) is 5.97. The molecule has 1 aliphatic heterocycles. The number of amides is 4. The summed E-state index contributed by atoms with van der Waals surface area (Å²) in [6.07, 6.45) is -4.53. The Morgan fingerprint density at radius 3 is 2.44 bits per heavy atom. The molecule has 0 spiro atoms. The maximum absolute atomic E-state index is 14.4. The predicted octanol–water partition coefficient (Wildman–Crippen LogP) is 3.47. The van der Waals surface area contributed by atoms with E-state index in [1.54, 1.807) is 37.3 Å². The van der Waals surface area contributed by atoms with Gasteiger partial charge < -0.3 is 30.0 Å². The van der Waals surface area contributed by atoms with Crippen molar-refractivity contribution < 1.29 is 41.9 Å². The summed E-state index contributed by atoms with van der Waals surface area (Å²) in [5.74, 6) is -4.93. The van der Waals surface area contributed by atoms with Crippen molar-refractivity contribution in [2.24, 2.45) is 5.92 Å². The molecule has 5 rings (SSSR count). The van der Waals surface area contributed by atoms with Crippen LogP contribution >= 0.6 is 11.6 Å². The summed E-state index contributed by atoms with van der Waals surface area (Å²) in [5, 5.41) is 20.6. The minimum Gasteiger partial charge on any atom is -0.451 e. The van der Waals surface area contributed by atoms with Gasteiger partial charge in [0, 0.05) is 30.0 Å². The molecule has 5 atom stereocenters. The third kappa shape index (κ3) is 10.3. The molecule has 2 aromatic heterocycles. The van der Waals surface area contributed by atoms with Crippen molar-refractivity contribution in [2.75, 3.05) is 6.54 Å². The Balaban J connectivity index is 1.35. The van der Waals surface area contributed by atoms with E-state index in [-0.39, 0.29) is 37.7 Å². The summed E-state index contributed by atoms with van der Waals surface area (Å²) < 4.78 is 39.2. The number of carbonyl (C=O) groups is 5. The Morgan fingerprint density at radius 1 is 1.04 bits per heavy atom. The summed E-state index contributed by atoms with van der Waals surface area (Å²) in [5.41, 5.74) is 1.51. The van der Waals surface area contributed by atoms with Gasteiger partial charge in [-0.2, -0.15) is 5.21 Å². The van der Waals surface area contributed by atoms with Crippen LogP contribution in [-0.4, -0.2) is 92.1 Å². The number of nitrogens with zero attached hydrogens (tertiary/aromatic N) is 4. The van der Waals surface area contributed by atoms with Crippen LogP contribution in [0.1, 0.15) is 55.1 Å². The van der Waals surface area contributed by atoms with Crippen molar-refractivity contribution in [3.8, 4) is 11.3 Å². The van der Waals surface area contributed by atoms with Crippen LogP contribution in [0, 0.1) is 5.92 Å². The summed E-state index contributed by atoms with van der Waals surface area (Å²) in [6.45, 7) is 3.31. The normalized spacial score (nSPS) is 17.1. The molecule has 4 amide bonds. The van der Waals surface area contributed by atoms with Gasteiger partial charge in [0.05, 0.1) is 19.3 Å². The molecule has 2 aromatic carbocycles. The predicted molar refractivity (Wildman–Crippen MR) is 189 cm³/mol. The van der Waals surface area contributed by atoms with Crippen molar-refractivity contribution in [1.29, 1.82) is 0 Å². The van der Waals surface area contributed by atoms with Crippen molar-refractivity contribution in [3.63, 3.8) is 0 Å². The number of Topliss-reactive ketones (excluding diaryl/α,β-unsaturated/α-hetero) is 1. The Kier molecular flexibility index (Phi) is 13.6. The van der Waals surface area contributed by atoms with Crippen molar-refractivity contribution in [2.45, 2.75) is 76.9 Å². The first-order chi connectivity index (χ1) is 25.9. The highest BCUT2D eigenvalue weighted by molar-refractivity contribution is 6.38. The van der Waals surface area contributed by atoms with Crippen LogP contribution in [0.2, 0.25) is 5.02 Å². The quantitative estimate of drug-likeness (QED) is 0.115. The Morgan fingerprint density at radius 2 is 1.78 bits per heavy atom. The first-order valence-electron chi connectivity index (χ1n) is 17.2. The van der Waals surface area contributed by atoms with E-state index in [1.807, 2.05) is 37.3 Å². The monoisotopic (exact) mass is 768 g/mol. The minimum atomic E-state index is -3.07. The number of aromatic nitrogens is 4. The van der Waals surface area contributed by atoms with Gasteiger partial charge in [-0.3, -0.25) is 24.0 Å². The number of carbonyl (C=O) groups excluding carboxylic acids is 5. The molecule has 18 heteroatoms. The number of benzene rings is 2. The van der Waals surface area contributed by atoms with Gasteiger partial charge in [0.15, 0.2) is 11.6 Å². The SMILES string of the molecule is CC[C@H](C)[C@H](NC(=O)c1ccc(-c2ccc(Cl)cc2)o1)C(=O)N1CC(OCc2ccccc2)C[C@H]1C(=O)N[C@@H](CC(F)F)C(=O)C(=O)NCc1nn[nH]n1. The number of hydrogen-bond donors (Lipinski definition) is 4. The molecule has 0 bridgehead atoms. The molecule has 54 heavy (non-hydrogen) atoms. The number of tetrazole rings is 1. The van der Waals surface area contributed by atoms with E-state index in [4.69, 9.17) is 20.8 Å². The van der Waals surface area contributed by atoms with E-state index in [2.05, 4.69) is 36.6 Å². The molecule has 3 heterocycles. The number of furan rings is 1. The van der Waals surface area contributed by atoms with Crippen LogP contribution in [0.5, 0.6) is 0 Å². The largest absolute Gasteiger partial charge is 0.451 e. The van der Waals surface area contributed by atoms with Crippen LogP contribution in [0.3, 0.4) is 0 Å². The second-order valence-electron chi connectivity index (χ2n) is 12.7. The molecule has 15 nitrogen and oxygen atoms in total. The lowest BCUT2D eigenvalue weighted by Gasteiger charge is -2.31. The first kappa shape index (κ1) is 39.7. The molecule has 1 aliphatic rings. The Bertz CT molecular complexity index is 1900. The van der Waals surface area contributed by atoms with E-state index < -0.39 is 72.4 Å². The highest BCUT2D eigenvalue weighted by atomic mass is 35.5. The standard InChI is InChI=1S/C36H39ClF2N8O7/c1-3-20(2)31(42-34(50)28-14-13-27(54-28)22-9-11-23(37)12-10-22)36(52)47-18-24(53-19-21-7-5-4-6-8-21)15-26(47)33(49)41-25(16-29(38)39)32(48)35(51)40-17-30-43-45-46-44-30/h4-14,20,24-26,29,31H,3,15-19H2,1-2H3,(H,40,51)(H,41,49)(H,42,50)(H,43,44,45,46)/t20-,24?,25-,26-,31-/m0/s1. The minimum absolute atomic E-state index is 0.0317. The number of halogens is 3. The molecule has 4 N–H and O–H groups in total. The van der Waals surface area contributed by atoms with Gasteiger partial charge in [-0.15, -0.1) is 10.2 Å². The lowest BCUT2D eigenvalue weighted by atomic mass is 9.97. The first-order valence-corrected chi connectivity index (χ1v) is 17.6. The lowest BCUT2D eigenvalue weighted by Crippen LogP contribution is -2.57. The molecular weight excluding hydrogens is 730 g/mol. The van der Waals surface area contributed by atoms with Gasteiger partial charge in [-0.05, 0) is 47.9 Å². The van der Waals surface area contributed by atoms with Gasteiger partial charge in [-0.1, -0.05) is 67.4 Å². The van der Waals surface area contributed by atoms with E-state index >= 15 is 0 Å². The van der Waals surface area contributed by atoms with Gasteiger partial charge in [0.25, 0.3) is 11.8 Å². The number of hydrogen-bond acceptors (Lipinski definition) is 10. The molecule has 1 unspecified atom stereocenters. The number of nitrogens with one attached hydrogen (secondary N) is 4. The number of aromatic amines is 1. The second-order valence-corrected chi connectivity index (χ2v) is 13.2. The van der Waals surface area contributed by atoms with Crippen molar-refractivity contribution >= 4 is 41.0 Å². The summed E-state index contributed by atoms with van der Waals surface area (Å²) >= 11 is 5.99. The van der Waals surface area contributed by atoms with Crippen molar-refractivity contribution in [1.82, 2.24) is 41.5 Å². The number of rotatable bonds is 17. The van der Waals surface area contributed by atoms with Gasteiger partial charge in [0.2, 0.25) is 24.0 Å². The van der Waals surface area contributed by atoms with Crippen molar-refractivity contribution in [3.05, 3.63) is 88.9 Å². The summed E-state index contributed by atoms with van der Waals surface area (Å²) in [6, 6.07) is 14.7. The fourth-order valence-electron chi connectivity index (χ4n) is 5.84. The van der Waals surface area contributed by atoms with Crippen LogP contribution in [-0.2, 0) is 37.1 Å². The Labute approximate surface area is 313 Å². The lowest BCUT2D eigenvalue weighted by molar-refractivity contribution is -0.143. The average Bonchev–Trinajstić information content (AvgIpc) is 3.97. The zero-order chi connectivity index (χ0) is 38.8. The van der Waals surface area contributed by atoms with E-state index in [9.17, 15) is 32.8 Å². The topological polar surface area (TPSA) is 202 Å². The van der Waals surface area contributed by atoms with Crippen LogP contribution in [0.25, 0.3) is 11.3 Å². The van der Waals surface area contributed by atoms with E-state index in [0.717, 1.165) is 5.56 Å². The zero-order valence-corrected chi connectivity index (χ0v) is 30.1. The molecule has 4 aromatic rings. The summed E-state index contributed by atoms with van der Waals surface area (Å²) in [4.78, 5) is 68.6. The third-order valence-electron chi connectivity index (χ3n) is 8.97. The molecule has 1 fully saturated rings. The second kappa shape index (κ2) is 18.5. The highest BCUT2D eigenvalue weighted by Crippen LogP contribution is 2.27. The van der Waals surface area contributed by atoms with Crippen LogP contribution in [0.4, 0.5) is 8.78 Å². The number of ketones is 1. The van der Waals surface area contributed by atoms with Crippen LogP contribution < -0.4 is 16.0 Å². The molecule has 1 saturated heterocycles. The van der Waals surface area contributed by atoms with Gasteiger partial charge >= 0.3 is 0 Å². The maximum Gasteiger partial charge on any atom is 0.289 e.